The van der Waals surface area contributed by atoms with Crippen LogP contribution in [0.15, 0.2) is 22.7 Å². The molecule has 4 nitrogen and oxygen atoms in total. The van der Waals surface area contributed by atoms with Gasteiger partial charge in [0.05, 0.1) is 6.61 Å². The lowest BCUT2D eigenvalue weighted by Gasteiger charge is -2.36. The lowest BCUT2D eigenvalue weighted by atomic mass is 9.75. The molecule has 0 spiro atoms. The van der Waals surface area contributed by atoms with Gasteiger partial charge in [0.15, 0.2) is 0 Å². The van der Waals surface area contributed by atoms with E-state index in [2.05, 4.69) is 15.9 Å². The molecule has 0 aliphatic rings. The standard InChI is InChI=1S/C14H19BrFNO3/c1-13(2,20-12(17)19)7-14(3,8-18)10-6-9(15)4-5-11(10)16/h4-6,18H,7-8H2,1-3H3,(H2,17,19). The van der Waals surface area contributed by atoms with Gasteiger partial charge in [-0.05, 0) is 44.0 Å². The van der Waals surface area contributed by atoms with Crippen LogP contribution in [0.5, 0.6) is 0 Å². The van der Waals surface area contributed by atoms with Gasteiger partial charge < -0.3 is 15.6 Å². The molecule has 0 fully saturated rings. The van der Waals surface area contributed by atoms with Crippen LogP contribution in [0.25, 0.3) is 0 Å². The SMILES string of the molecule is CC(C)(CC(C)(CO)c1cc(Br)ccc1F)OC(N)=O. The average Bonchev–Trinajstić information content (AvgIpc) is 2.29. The molecule has 1 rings (SSSR count). The zero-order valence-corrected chi connectivity index (χ0v) is 13.3. The monoisotopic (exact) mass is 347 g/mol. The first-order chi connectivity index (χ1) is 9.09. The van der Waals surface area contributed by atoms with Crippen LogP contribution < -0.4 is 5.73 Å². The molecule has 20 heavy (non-hydrogen) atoms. The Morgan fingerprint density at radius 1 is 1.45 bits per heavy atom. The summed E-state index contributed by atoms with van der Waals surface area (Å²) in [6, 6.07) is 4.53. The summed E-state index contributed by atoms with van der Waals surface area (Å²) < 4.78 is 19.8. The predicted molar refractivity (Wildman–Crippen MR) is 77.9 cm³/mol. The number of aliphatic hydroxyl groups excluding tert-OH is 1. The molecular weight excluding hydrogens is 329 g/mol. The molecule has 0 bridgehead atoms. The number of primary amides is 1. The number of nitrogens with two attached hydrogens (primary N) is 1. The summed E-state index contributed by atoms with van der Waals surface area (Å²) in [7, 11) is 0. The summed E-state index contributed by atoms with van der Waals surface area (Å²) in [5.74, 6) is -0.417. The van der Waals surface area contributed by atoms with E-state index in [4.69, 9.17) is 10.5 Å². The topological polar surface area (TPSA) is 72.6 Å². The third-order valence-electron chi connectivity index (χ3n) is 3.12. The van der Waals surface area contributed by atoms with Gasteiger partial charge in [-0.1, -0.05) is 22.9 Å². The minimum atomic E-state index is -0.919. The molecular formula is C14H19BrFNO3. The van der Waals surface area contributed by atoms with Crippen LogP contribution in [0.1, 0.15) is 32.8 Å². The van der Waals surface area contributed by atoms with Gasteiger partial charge in [0, 0.05) is 9.89 Å². The van der Waals surface area contributed by atoms with Crippen LogP contribution in [0.4, 0.5) is 9.18 Å². The fourth-order valence-corrected chi connectivity index (χ4v) is 2.81. The highest BCUT2D eigenvalue weighted by Crippen LogP contribution is 2.36. The van der Waals surface area contributed by atoms with Crippen LogP contribution in [-0.2, 0) is 10.2 Å². The van der Waals surface area contributed by atoms with Gasteiger partial charge in [0.25, 0.3) is 0 Å². The third kappa shape index (κ3) is 4.18. The van der Waals surface area contributed by atoms with E-state index in [1.54, 1.807) is 32.9 Å². The Morgan fingerprint density at radius 3 is 2.55 bits per heavy atom. The number of aliphatic hydroxyl groups is 1. The van der Waals surface area contributed by atoms with E-state index in [1.165, 1.54) is 6.07 Å². The lowest BCUT2D eigenvalue weighted by Crippen LogP contribution is -2.41. The molecule has 1 atom stereocenters. The van der Waals surface area contributed by atoms with Gasteiger partial charge in [-0.3, -0.25) is 0 Å². The van der Waals surface area contributed by atoms with Gasteiger partial charge in [0.1, 0.15) is 11.4 Å². The molecule has 0 aliphatic carbocycles. The zero-order chi connectivity index (χ0) is 15.6. The molecule has 112 valence electrons. The molecule has 1 unspecified atom stereocenters. The highest BCUT2D eigenvalue weighted by atomic mass is 79.9. The summed E-state index contributed by atoms with van der Waals surface area (Å²) in [4.78, 5) is 10.9. The average molecular weight is 348 g/mol. The van der Waals surface area contributed by atoms with Crippen molar-refractivity contribution in [3.63, 3.8) is 0 Å². The van der Waals surface area contributed by atoms with Crippen molar-refractivity contribution in [1.82, 2.24) is 0 Å². The molecule has 0 heterocycles. The maximum Gasteiger partial charge on any atom is 0.405 e. The normalized spacial score (nSPS) is 14.7. The van der Waals surface area contributed by atoms with Crippen LogP contribution in [-0.4, -0.2) is 23.4 Å². The molecule has 3 N–H and O–H groups in total. The van der Waals surface area contributed by atoms with Crippen molar-refractivity contribution in [2.45, 2.75) is 38.2 Å². The van der Waals surface area contributed by atoms with Gasteiger partial charge in [-0.15, -0.1) is 0 Å². The molecule has 1 aromatic rings. The second kappa shape index (κ2) is 6.10. The van der Waals surface area contributed by atoms with Gasteiger partial charge in [-0.2, -0.15) is 0 Å². The van der Waals surface area contributed by atoms with E-state index in [-0.39, 0.29) is 13.0 Å². The van der Waals surface area contributed by atoms with Crippen molar-refractivity contribution in [2.75, 3.05) is 6.61 Å². The first-order valence-electron chi connectivity index (χ1n) is 6.14. The number of carbonyl (C=O) groups is 1. The second-order valence-corrected chi connectivity index (χ2v) is 6.62. The fraction of sp³-hybridized carbons (Fsp3) is 0.500. The zero-order valence-electron chi connectivity index (χ0n) is 11.7. The number of ether oxygens (including phenoxy) is 1. The number of amides is 1. The Hall–Kier alpha value is -1.14. The first-order valence-corrected chi connectivity index (χ1v) is 6.94. The highest BCUT2D eigenvalue weighted by molar-refractivity contribution is 9.10. The Balaban J connectivity index is 3.14. The van der Waals surface area contributed by atoms with Crippen molar-refractivity contribution >= 4 is 22.0 Å². The summed E-state index contributed by atoms with van der Waals surface area (Å²) in [6.07, 6.45) is -0.669. The molecule has 0 saturated carbocycles. The van der Waals surface area contributed by atoms with Crippen molar-refractivity contribution in [1.29, 1.82) is 0 Å². The molecule has 6 heteroatoms. The van der Waals surface area contributed by atoms with E-state index in [0.29, 0.717) is 10.0 Å². The Morgan fingerprint density at radius 2 is 2.05 bits per heavy atom. The maximum atomic E-state index is 14.0. The number of benzene rings is 1. The minimum absolute atomic E-state index is 0.229. The molecule has 0 radical (unpaired) electrons. The van der Waals surface area contributed by atoms with Crippen LogP contribution >= 0.6 is 15.9 Å². The van der Waals surface area contributed by atoms with Gasteiger partial charge in [-0.25, -0.2) is 9.18 Å². The lowest BCUT2D eigenvalue weighted by molar-refractivity contribution is 0.0121. The Kier molecular flexibility index (Phi) is 5.15. The number of carbonyl (C=O) groups excluding carboxylic acids is 1. The fourth-order valence-electron chi connectivity index (χ4n) is 2.44. The molecule has 0 aliphatic heterocycles. The summed E-state index contributed by atoms with van der Waals surface area (Å²) in [6.45, 7) is 4.76. The Labute approximate surface area is 126 Å². The van der Waals surface area contributed by atoms with E-state index in [0.717, 1.165) is 0 Å². The van der Waals surface area contributed by atoms with Crippen LogP contribution in [0, 0.1) is 5.82 Å². The van der Waals surface area contributed by atoms with Gasteiger partial charge >= 0.3 is 6.09 Å². The number of rotatable bonds is 5. The van der Waals surface area contributed by atoms with E-state index < -0.39 is 22.9 Å². The van der Waals surface area contributed by atoms with Crippen LogP contribution in [0.3, 0.4) is 0 Å². The number of hydrogen-bond donors (Lipinski definition) is 2. The summed E-state index contributed by atoms with van der Waals surface area (Å²) in [5.41, 5.74) is 3.57. The molecule has 0 aromatic heterocycles. The van der Waals surface area contributed by atoms with Crippen molar-refractivity contribution in [3.8, 4) is 0 Å². The van der Waals surface area contributed by atoms with E-state index >= 15 is 0 Å². The number of halogens is 2. The highest BCUT2D eigenvalue weighted by Gasteiger charge is 2.37. The quantitative estimate of drug-likeness (QED) is 0.859. The third-order valence-corrected chi connectivity index (χ3v) is 3.61. The number of hydrogen-bond acceptors (Lipinski definition) is 3. The second-order valence-electron chi connectivity index (χ2n) is 5.70. The van der Waals surface area contributed by atoms with E-state index in [9.17, 15) is 14.3 Å². The molecule has 1 amide bonds. The maximum absolute atomic E-state index is 14.0. The largest absolute Gasteiger partial charge is 0.444 e. The summed E-state index contributed by atoms with van der Waals surface area (Å²) in [5, 5.41) is 9.70. The smallest absolute Gasteiger partial charge is 0.405 e. The van der Waals surface area contributed by atoms with Crippen LogP contribution in [0.2, 0.25) is 0 Å². The van der Waals surface area contributed by atoms with Gasteiger partial charge in [0.2, 0.25) is 0 Å². The first kappa shape index (κ1) is 16.9. The molecule has 0 saturated heterocycles. The Bertz CT molecular complexity index is 507. The van der Waals surface area contributed by atoms with E-state index in [1.807, 2.05) is 0 Å². The minimum Gasteiger partial charge on any atom is -0.444 e. The molecule has 1 aromatic carbocycles. The summed E-state index contributed by atoms with van der Waals surface area (Å²) >= 11 is 3.28. The van der Waals surface area contributed by atoms with Crippen molar-refractivity contribution in [3.05, 3.63) is 34.1 Å². The van der Waals surface area contributed by atoms with Crippen molar-refractivity contribution < 1.29 is 19.0 Å². The van der Waals surface area contributed by atoms with Crippen molar-refractivity contribution in [2.24, 2.45) is 5.73 Å². The predicted octanol–water partition coefficient (Wildman–Crippen LogP) is 3.10.